The summed E-state index contributed by atoms with van der Waals surface area (Å²) < 4.78 is 16.0. The molecule has 1 aliphatic rings. The van der Waals surface area contributed by atoms with Crippen LogP contribution in [0.3, 0.4) is 0 Å². The summed E-state index contributed by atoms with van der Waals surface area (Å²) in [5.41, 5.74) is 3.50. The van der Waals surface area contributed by atoms with E-state index < -0.39 is 5.97 Å². The van der Waals surface area contributed by atoms with Crippen molar-refractivity contribution in [2.75, 3.05) is 44.1 Å². The van der Waals surface area contributed by atoms with Crippen LogP contribution in [0.2, 0.25) is 0 Å². The number of aromatic nitrogens is 1. The molecule has 0 atom stereocenters. The minimum atomic E-state index is -0.541. The molecule has 0 unspecified atom stereocenters. The maximum Gasteiger partial charge on any atom is 0.356 e. The predicted octanol–water partition coefficient (Wildman–Crippen LogP) is 3.75. The number of nitrogens with zero attached hydrogens (tertiary/aromatic N) is 1. The van der Waals surface area contributed by atoms with Crippen molar-refractivity contribution >= 4 is 34.2 Å². The van der Waals surface area contributed by atoms with E-state index in [1.165, 1.54) is 19.8 Å². The highest BCUT2D eigenvalue weighted by atomic mass is 16.5. The number of nitrogens with one attached hydrogen (secondary N) is 2. The van der Waals surface area contributed by atoms with Crippen molar-refractivity contribution in [1.29, 1.82) is 0 Å². The van der Waals surface area contributed by atoms with Gasteiger partial charge in [-0.3, -0.25) is 4.79 Å². The summed E-state index contributed by atoms with van der Waals surface area (Å²) in [6.07, 6.45) is 1.99. The van der Waals surface area contributed by atoms with Gasteiger partial charge >= 0.3 is 5.97 Å². The van der Waals surface area contributed by atoms with Gasteiger partial charge in [0, 0.05) is 23.7 Å². The van der Waals surface area contributed by atoms with E-state index in [1.807, 2.05) is 18.2 Å². The van der Waals surface area contributed by atoms with E-state index >= 15 is 0 Å². The number of rotatable bonds is 7. The number of para-hydroxylation sites is 1. The number of aryl methyl sites for hydroxylation is 1. The molecule has 1 aromatic heterocycles. The van der Waals surface area contributed by atoms with Crippen LogP contribution in [0.5, 0.6) is 11.5 Å². The molecule has 168 valence electrons. The molecule has 0 bridgehead atoms. The fraction of sp³-hybridized carbons (Fsp3) is 0.333. The molecule has 0 fully saturated rings. The van der Waals surface area contributed by atoms with Gasteiger partial charge in [-0.25, -0.2) is 4.79 Å². The van der Waals surface area contributed by atoms with E-state index in [-0.39, 0.29) is 24.8 Å². The Kier molecular flexibility index (Phi) is 6.20. The molecule has 1 aliphatic heterocycles. The standard InChI is InChI=1S/C24H27N3O5/c1-4-32-24(29)23-22(16-12-19(30-2)20(31-3)13-17(16)25-23)26-21(28)14-27-11-7-9-15-8-5-6-10-18(15)27/h5-6,8,10,12-13,25H,4,7,9,11,14H2,1-3H3,(H,26,28). The number of hydrogen-bond donors (Lipinski definition) is 2. The summed E-state index contributed by atoms with van der Waals surface area (Å²) >= 11 is 0. The van der Waals surface area contributed by atoms with Crippen molar-refractivity contribution < 1.29 is 23.8 Å². The molecule has 0 radical (unpaired) electrons. The van der Waals surface area contributed by atoms with Crippen molar-refractivity contribution in [3.05, 3.63) is 47.7 Å². The van der Waals surface area contributed by atoms with Crippen molar-refractivity contribution in [3.63, 3.8) is 0 Å². The number of fused-ring (bicyclic) bond motifs is 2. The Bertz CT molecular complexity index is 1150. The number of carbonyl (C=O) groups excluding carboxylic acids is 2. The number of H-pyrrole nitrogens is 1. The summed E-state index contributed by atoms with van der Waals surface area (Å²) in [5.74, 6) is 0.248. The van der Waals surface area contributed by atoms with Gasteiger partial charge in [-0.15, -0.1) is 0 Å². The largest absolute Gasteiger partial charge is 0.493 e. The van der Waals surface area contributed by atoms with Gasteiger partial charge < -0.3 is 29.4 Å². The number of methoxy groups -OCH3 is 2. The molecular weight excluding hydrogens is 410 g/mol. The zero-order chi connectivity index (χ0) is 22.7. The number of anilines is 2. The van der Waals surface area contributed by atoms with Gasteiger partial charge in [0.1, 0.15) is 5.69 Å². The lowest BCUT2D eigenvalue weighted by atomic mass is 10.0. The van der Waals surface area contributed by atoms with Gasteiger partial charge in [-0.2, -0.15) is 0 Å². The molecule has 0 saturated heterocycles. The average Bonchev–Trinajstić information content (AvgIpc) is 3.15. The van der Waals surface area contributed by atoms with Crippen LogP contribution in [0, 0.1) is 0 Å². The Labute approximate surface area is 186 Å². The molecule has 8 heteroatoms. The highest BCUT2D eigenvalue weighted by molar-refractivity contribution is 6.12. The summed E-state index contributed by atoms with van der Waals surface area (Å²) in [4.78, 5) is 30.8. The summed E-state index contributed by atoms with van der Waals surface area (Å²) in [5, 5.41) is 3.57. The SMILES string of the molecule is CCOC(=O)c1[nH]c2cc(OC)c(OC)cc2c1NC(=O)CN1CCCc2ccccc21. The van der Waals surface area contributed by atoms with Gasteiger partial charge in [-0.1, -0.05) is 18.2 Å². The highest BCUT2D eigenvalue weighted by Gasteiger charge is 2.24. The molecule has 0 spiro atoms. The van der Waals surface area contributed by atoms with Gasteiger partial charge in [0.2, 0.25) is 5.91 Å². The summed E-state index contributed by atoms with van der Waals surface area (Å²) in [7, 11) is 3.08. The molecule has 4 rings (SSSR count). The van der Waals surface area contributed by atoms with Crippen LogP contribution >= 0.6 is 0 Å². The van der Waals surface area contributed by atoms with Crippen LogP contribution < -0.4 is 19.7 Å². The van der Waals surface area contributed by atoms with Gasteiger partial charge in [-0.05, 0) is 37.5 Å². The van der Waals surface area contributed by atoms with E-state index in [0.29, 0.717) is 28.1 Å². The Balaban J connectivity index is 1.67. The second-order valence-corrected chi connectivity index (χ2v) is 7.55. The minimum Gasteiger partial charge on any atom is -0.493 e. The van der Waals surface area contributed by atoms with E-state index in [0.717, 1.165) is 25.1 Å². The molecule has 32 heavy (non-hydrogen) atoms. The van der Waals surface area contributed by atoms with E-state index in [9.17, 15) is 9.59 Å². The quantitative estimate of drug-likeness (QED) is 0.547. The Morgan fingerprint density at radius 3 is 2.62 bits per heavy atom. The number of carbonyl (C=O) groups is 2. The smallest absolute Gasteiger partial charge is 0.356 e. The monoisotopic (exact) mass is 437 g/mol. The van der Waals surface area contributed by atoms with Crippen LogP contribution in [-0.4, -0.2) is 50.8 Å². The topological polar surface area (TPSA) is 92.9 Å². The van der Waals surface area contributed by atoms with Crippen LogP contribution in [0.1, 0.15) is 29.4 Å². The first kappa shape index (κ1) is 21.5. The average molecular weight is 437 g/mol. The van der Waals surface area contributed by atoms with E-state index in [1.54, 1.807) is 19.1 Å². The molecule has 0 saturated carbocycles. The third-order valence-corrected chi connectivity index (χ3v) is 5.59. The van der Waals surface area contributed by atoms with E-state index in [2.05, 4.69) is 21.3 Å². The third-order valence-electron chi connectivity index (χ3n) is 5.59. The molecule has 8 nitrogen and oxygen atoms in total. The first-order valence-corrected chi connectivity index (χ1v) is 10.6. The second kappa shape index (κ2) is 9.21. The van der Waals surface area contributed by atoms with Crippen molar-refractivity contribution in [3.8, 4) is 11.5 Å². The highest BCUT2D eigenvalue weighted by Crippen LogP contribution is 2.37. The van der Waals surface area contributed by atoms with Crippen LogP contribution in [0.25, 0.3) is 10.9 Å². The normalized spacial score (nSPS) is 12.9. The fourth-order valence-electron chi connectivity index (χ4n) is 4.14. The van der Waals surface area contributed by atoms with Crippen molar-refractivity contribution in [2.45, 2.75) is 19.8 Å². The van der Waals surface area contributed by atoms with Gasteiger partial charge in [0.15, 0.2) is 11.5 Å². The van der Waals surface area contributed by atoms with Crippen molar-refractivity contribution in [2.24, 2.45) is 0 Å². The lowest BCUT2D eigenvalue weighted by Gasteiger charge is -2.30. The number of benzene rings is 2. The zero-order valence-corrected chi connectivity index (χ0v) is 18.5. The van der Waals surface area contributed by atoms with Crippen LogP contribution in [0.4, 0.5) is 11.4 Å². The maximum absolute atomic E-state index is 13.1. The lowest BCUT2D eigenvalue weighted by molar-refractivity contribution is -0.115. The predicted molar refractivity (Wildman–Crippen MR) is 123 cm³/mol. The van der Waals surface area contributed by atoms with Crippen molar-refractivity contribution in [1.82, 2.24) is 4.98 Å². The third kappa shape index (κ3) is 4.08. The summed E-state index contributed by atoms with van der Waals surface area (Å²) in [6.45, 7) is 2.94. The number of hydrogen-bond acceptors (Lipinski definition) is 6. The van der Waals surface area contributed by atoms with E-state index in [4.69, 9.17) is 14.2 Å². The maximum atomic E-state index is 13.1. The molecule has 2 aromatic carbocycles. The van der Waals surface area contributed by atoms with Gasteiger partial charge in [0.05, 0.1) is 38.6 Å². The number of ether oxygens (including phenoxy) is 3. The molecule has 2 N–H and O–H groups in total. The van der Waals surface area contributed by atoms with Crippen LogP contribution in [-0.2, 0) is 16.0 Å². The van der Waals surface area contributed by atoms with Gasteiger partial charge in [0.25, 0.3) is 0 Å². The number of aromatic amines is 1. The fourth-order valence-corrected chi connectivity index (χ4v) is 4.14. The Morgan fingerprint density at radius 2 is 1.88 bits per heavy atom. The molecular formula is C24H27N3O5. The molecule has 3 aromatic rings. The first-order valence-electron chi connectivity index (χ1n) is 10.6. The molecule has 2 heterocycles. The lowest BCUT2D eigenvalue weighted by Crippen LogP contribution is -2.37. The Morgan fingerprint density at radius 1 is 1.12 bits per heavy atom. The minimum absolute atomic E-state index is 0.180. The number of amides is 1. The molecule has 1 amide bonds. The molecule has 0 aliphatic carbocycles. The van der Waals surface area contributed by atoms with Crippen LogP contribution in [0.15, 0.2) is 36.4 Å². The second-order valence-electron chi connectivity index (χ2n) is 7.55. The Hall–Kier alpha value is -3.68. The summed E-state index contributed by atoms with van der Waals surface area (Å²) in [6, 6.07) is 11.6. The number of esters is 1. The zero-order valence-electron chi connectivity index (χ0n) is 18.5. The first-order chi connectivity index (χ1) is 15.5.